The summed E-state index contributed by atoms with van der Waals surface area (Å²) in [4.78, 5) is 12.6. The molecule has 0 bridgehead atoms. The van der Waals surface area contributed by atoms with Crippen molar-refractivity contribution in [2.24, 2.45) is 0 Å². The molecule has 8 heteroatoms. The fourth-order valence-corrected chi connectivity index (χ4v) is 4.34. The summed E-state index contributed by atoms with van der Waals surface area (Å²) in [5.41, 5.74) is 0.939. The van der Waals surface area contributed by atoms with Crippen LogP contribution in [0, 0.1) is 0 Å². The van der Waals surface area contributed by atoms with Gasteiger partial charge in [0.05, 0.1) is 24.1 Å². The summed E-state index contributed by atoms with van der Waals surface area (Å²) in [6.45, 7) is 5.87. The van der Waals surface area contributed by atoms with Gasteiger partial charge in [0.1, 0.15) is 5.75 Å². The molecule has 1 atom stereocenters. The maximum Gasteiger partial charge on any atom is 0.243 e. The molecule has 2 rings (SSSR count). The quantitative estimate of drug-likeness (QED) is 0.607. The monoisotopic (exact) mass is 468 g/mol. The second kappa shape index (κ2) is 10.0. The first-order valence-electron chi connectivity index (χ1n) is 9.05. The van der Waals surface area contributed by atoms with E-state index >= 15 is 0 Å². The van der Waals surface area contributed by atoms with Crippen LogP contribution < -0.4 is 10.1 Å². The normalized spacial score (nSPS) is 12.6. The van der Waals surface area contributed by atoms with Crippen molar-refractivity contribution in [1.29, 1.82) is 0 Å². The molecule has 1 amide bonds. The zero-order valence-electron chi connectivity index (χ0n) is 16.2. The van der Waals surface area contributed by atoms with Crippen LogP contribution >= 0.6 is 15.9 Å². The molecule has 0 saturated carbocycles. The van der Waals surface area contributed by atoms with Gasteiger partial charge in [-0.1, -0.05) is 35.0 Å². The molecule has 0 heterocycles. The fourth-order valence-electron chi connectivity index (χ4n) is 2.67. The molecule has 0 aromatic heterocycles. The average molecular weight is 469 g/mol. The van der Waals surface area contributed by atoms with Crippen molar-refractivity contribution < 1.29 is 17.9 Å². The van der Waals surface area contributed by atoms with E-state index < -0.39 is 10.0 Å². The van der Waals surface area contributed by atoms with E-state index in [1.165, 1.54) is 12.1 Å². The summed E-state index contributed by atoms with van der Waals surface area (Å²) >= 11 is 3.38. The van der Waals surface area contributed by atoms with Gasteiger partial charge in [-0.3, -0.25) is 4.79 Å². The minimum Gasteiger partial charge on any atom is -0.494 e. The first-order valence-corrected chi connectivity index (χ1v) is 11.3. The van der Waals surface area contributed by atoms with Crippen molar-refractivity contribution in [3.8, 4) is 5.75 Å². The number of carbonyl (C=O) groups is 1. The van der Waals surface area contributed by atoms with Gasteiger partial charge in [0.15, 0.2) is 0 Å². The zero-order valence-corrected chi connectivity index (χ0v) is 18.6. The van der Waals surface area contributed by atoms with Crippen LogP contribution in [0.3, 0.4) is 0 Å². The van der Waals surface area contributed by atoms with E-state index in [-0.39, 0.29) is 29.9 Å². The molecule has 0 fully saturated rings. The van der Waals surface area contributed by atoms with E-state index in [0.29, 0.717) is 12.4 Å². The van der Waals surface area contributed by atoms with E-state index in [4.69, 9.17) is 4.74 Å². The lowest BCUT2D eigenvalue weighted by molar-refractivity contribution is -0.121. The molecule has 152 valence electrons. The molecule has 6 nitrogen and oxygen atoms in total. The van der Waals surface area contributed by atoms with Crippen molar-refractivity contribution in [3.05, 3.63) is 58.6 Å². The van der Waals surface area contributed by atoms with Crippen molar-refractivity contribution in [1.82, 2.24) is 9.62 Å². The Kier molecular flexibility index (Phi) is 8.03. The Morgan fingerprint density at radius 3 is 2.25 bits per heavy atom. The number of carbonyl (C=O) groups excluding carboxylic acids is 1. The number of rotatable bonds is 9. The van der Waals surface area contributed by atoms with Gasteiger partial charge in [0.25, 0.3) is 0 Å². The number of sulfonamides is 1. The Bertz CT molecular complexity index is 883. The molecule has 0 aliphatic heterocycles. The number of hydrogen-bond donors (Lipinski definition) is 1. The van der Waals surface area contributed by atoms with Gasteiger partial charge >= 0.3 is 0 Å². The minimum atomic E-state index is -3.77. The molecule has 0 aliphatic rings. The van der Waals surface area contributed by atoms with Gasteiger partial charge in [0.2, 0.25) is 15.9 Å². The predicted octanol–water partition coefficient (Wildman–Crippen LogP) is 3.74. The Morgan fingerprint density at radius 1 is 1.11 bits per heavy atom. The fraction of sp³-hybridized carbons (Fsp3) is 0.350. The number of likely N-dealkylation sites (N-methyl/N-ethyl adjacent to an activating group) is 1. The molecule has 0 spiro atoms. The van der Waals surface area contributed by atoms with Crippen molar-refractivity contribution in [2.75, 3.05) is 19.7 Å². The van der Waals surface area contributed by atoms with E-state index in [0.717, 1.165) is 14.3 Å². The SMILES string of the molecule is CCOc1ccc(S(=O)(=O)N(CC)CC(=O)N[C@H](C)c2ccc(Br)cc2)cc1. The van der Waals surface area contributed by atoms with Gasteiger partial charge in [-0.15, -0.1) is 0 Å². The Hall–Kier alpha value is -1.90. The number of ether oxygens (including phenoxy) is 1. The molecule has 0 saturated heterocycles. The second-order valence-electron chi connectivity index (χ2n) is 6.18. The van der Waals surface area contributed by atoms with E-state index in [9.17, 15) is 13.2 Å². The van der Waals surface area contributed by atoms with Gasteiger partial charge in [0, 0.05) is 11.0 Å². The maximum atomic E-state index is 12.9. The number of nitrogens with zero attached hydrogens (tertiary/aromatic N) is 1. The third-order valence-electron chi connectivity index (χ3n) is 4.19. The van der Waals surface area contributed by atoms with Crippen LogP contribution in [-0.2, 0) is 14.8 Å². The van der Waals surface area contributed by atoms with Crippen molar-refractivity contribution in [2.45, 2.75) is 31.7 Å². The Balaban J connectivity index is 2.06. The number of halogens is 1. The molecule has 0 aliphatic carbocycles. The van der Waals surface area contributed by atoms with E-state index in [1.807, 2.05) is 38.1 Å². The molecule has 1 N–H and O–H groups in total. The first-order chi connectivity index (χ1) is 13.3. The lowest BCUT2D eigenvalue weighted by Crippen LogP contribution is -2.41. The molecule has 0 radical (unpaired) electrons. The Labute approximate surface area is 175 Å². The highest BCUT2D eigenvalue weighted by atomic mass is 79.9. The smallest absolute Gasteiger partial charge is 0.243 e. The molecular formula is C20H25BrN2O4S. The number of hydrogen-bond acceptors (Lipinski definition) is 4. The highest BCUT2D eigenvalue weighted by molar-refractivity contribution is 9.10. The standard InChI is InChI=1S/C20H25BrN2O4S/c1-4-23(28(25,26)19-12-10-18(11-13-19)27-5-2)14-20(24)22-15(3)16-6-8-17(21)9-7-16/h6-13,15H,4-5,14H2,1-3H3,(H,22,24)/t15-/m1/s1. The van der Waals surface area contributed by atoms with Crippen molar-refractivity contribution >= 4 is 31.9 Å². The Morgan fingerprint density at radius 2 is 1.71 bits per heavy atom. The molecule has 0 unspecified atom stereocenters. The van der Waals surface area contributed by atoms with Gasteiger partial charge < -0.3 is 10.1 Å². The van der Waals surface area contributed by atoms with Gasteiger partial charge in [-0.2, -0.15) is 4.31 Å². The van der Waals surface area contributed by atoms with Crippen molar-refractivity contribution in [3.63, 3.8) is 0 Å². The van der Waals surface area contributed by atoms with Gasteiger partial charge in [-0.25, -0.2) is 8.42 Å². The van der Waals surface area contributed by atoms with Crippen LogP contribution in [-0.4, -0.2) is 38.3 Å². The summed E-state index contributed by atoms with van der Waals surface area (Å²) < 4.78 is 33.2. The lowest BCUT2D eigenvalue weighted by atomic mass is 10.1. The zero-order chi connectivity index (χ0) is 20.7. The number of amides is 1. The van der Waals surface area contributed by atoms with Crippen LogP contribution in [0.1, 0.15) is 32.4 Å². The third kappa shape index (κ3) is 5.80. The van der Waals surface area contributed by atoms with Crippen LogP contribution in [0.4, 0.5) is 0 Å². The summed E-state index contributed by atoms with van der Waals surface area (Å²) in [7, 11) is -3.77. The van der Waals surface area contributed by atoms with Crippen LogP contribution in [0.5, 0.6) is 5.75 Å². The van der Waals surface area contributed by atoms with E-state index in [2.05, 4.69) is 21.2 Å². The molecular weight excluding hydrogens is 444 g/mol. The van der Waals surface area contributed by atoms with E-state index in [1.54, 1.807) is 19.1 Å². The maximum absolute atomic E-state index is 12.9. The predicted molar refractivity (Wildman–Crippen MR) is 113 cm³/mol. The lowest BCUT2D eigenvalue weighted by Gasteiger charge is -2.22. The molecule has 2 aromatic carbocycles. The topological polar surface area (TPSA) is 75.7 Å². The number of nitrogens with one attached hydrogen (secondary N) is 1. The molecule has 2 aromatic rings. The summed E-state index contributed by atoms with van der Waals surface area (Å²) in [6, 6.07) is 13.6. The van der Waals surface area contributed by atoms with Crippen LogP contribution in [0.15, 0.2) is 57.9 Å². The second-order valence-corrected chi connectivity index (χ2v) is 9.03. The third-order valence-corrected chi connectivity index (χ3v) is 6.66. The minimum absolute atomic E-state index is 0.131. The van der Waals surface area contributed by atoms with Crippen LogP contribution in [0.2, 0.25) is 0 Å². The first kappa shape index (κ1) is 22.4. The van der Waals surface area contributed by atoms with Crippen LogP contribution in [0.25, 0.3) is 0 Å². The highest BCUT2D eigenvalue weighted by Crippen LogP contribution is 2.20. The molecule has 28 heavy (non-hydrogen) atoms. The highest BCUT2D eigenvalue weighted by Gasteiger charge is 2.25. The largest absolute Gasteiger partial charge is 0.494 e. The summed E-state index contributed by atoms with van der Waals surface area (Å²) in [5, 5.41) is 2.85. The van der Waals surface area contributed by atoms with Gasteiger partial charge in [-0.05, 0) is 55.8 Å². The number of benzene rings is 2. The summed E-state index contributed by atoms with van der Waals surface area (Å²) in [6.07, 6.45) is 0. The average Bonchev–Trinajstić information content (AvgIpc) is 2.67. The summed E-state index contributed by atoms with van der Waals surface area (Å²) in [5.74, 6) is 0.248.